The van der Waals surface area contributed by atoms with Crippen LogP contribution in [0.1, 0.15) is 64.3 Å². The molecule has 0 amide bonds. The normalized spacial score (nSPS) is 14.5. The van der Waals surface area contributed by atoms with Gasteiger partial charge < -0.3 is 34.7 Å². The average Bonchev–Trinajstić information content (AvgIpc) is 2.79. The van der Waals surface area contributed by atoms with Gasteiger partial charge in [-0.1, -0.05) is 23.3 Å². The van der Waals surface area contributed by atoms with E-state index in [9.17, 15) is 30.3 Å². The number of hydrogen-bond acceptors (Lipinski definition) is 8. The molecule has 0 bridgehead atoms. The summed E-state index contributed by atoms with van der Waals surface area (Å²) in [6.07, 6.45) is 5.67. The predicted molar refractivity (Wildman–Crippen MR) is 146 cm³/mol. The summed E-state index contributed by atoms with van der Waals surface area (Å²) < 4.78 is 12.5. The fourth-order valence-electron chi connectivity index (χ4n) is 4.44. The highest BCUT2D eigenvalue weighted by atomic mass is 16.5. The van der Waals surface area contributed by atoms with Crippen molar-refractivity contribution in [3.05, 3.63) is 68.4 Å². The van der Waals surface area contributed by atoms with Gasteiger partial charge in [-0.15, -0.1) is 0 Å². The van der Waals surface area contributed by atoms with Gasteiger partial charge >= 0.3 is 0 Å². The molecule has 1 atom stereocenters. The van der Waals surface area contributed by atoms with E-state index in [1.165, 1.54) is 6.08 Å². The fourth-order valence-corrected chi connectivity index (χ4v) is 4.44. The maximum atomic E-state index is 14.0. The van der Waals surface area contributed by atoms with Crippen molar-refractivity contribution < 1.29 is 34.7 Å². The topological polar surface area (TPSA) is 141 Å². The van der Waals surface area contributed by atoms with Crippen molar-refractivity contribution in [3.8, 4) is 40.1 Å². The molecule has 0 saturated carbocycles. The Labute approximate surface area is 220 Å². The van der Waals surface area contributed by atoms with Crippen LogP contribution in [0.25, 0.3) is 28.4 Å². The number of allylic oxidation sites excluding steroid dienone is 3. The van der Waals surface area contributed by atoms with Crippen LogP contribution in [0.15, 0.2) is 50.7 Å². The Kier molecular flexibility index (Phi) is 6.80. The standard InChI is InChI=1S/C30H32O8/c1-14(2)7-8-17-27-16(9-10-30(5,6)38-27)25(35)24-26(36)23(22(34)11-15(3)4)29(37-28(17)24)18-12-20(32)21(33)13-19(18)31/h7,9-13,22,31-35H,8H2,1-6H3/t22-/m1/s1. The molecule has 8 heteroatoms. The third kappa shape index (κ3) is 4.75. The van der Waals surface area contributed by atoms with Crippen LogP contribution in [0.5, 0.6) is 28.7 Å². The molecule has 0 radical (unpaired) electrons. The van der Waals surface area contributed by atoms with Gasteiger partial charge in [0, 0.05) is 11.6 Å². The number of rotatable bonds is 5. The molecule has 200 valence electrons. The molecule has 0 aliphatic carbocycles. The highest BCUT2D eigenvalue weighted by Gasteiger charge is 2.33. The minimum absolute atomic E-state index is 0.0185. The molecular formula is C30H32O8. The first-order valence-electron chi connectivity index (χ1n) is 12.2. The number of hydrogen-bond donors (Lipinski definition) is 5. The summed E-state index contributed by atoms with van der Waals surface area (Å²) in [5.74, 6) is -1.84. The highest BCUT2D eigenvalue weighted by Crippen LogP contribution is 2.47. The van der Waals surface area contributed by atoms with Crippen LogP contribution in [0.3, 0.4) is 0 Å². The zero-order chi connectivity index (χ0) is 28.1. The lowest BCUT2D eigenvalue weighted by atomic mass is 9.92. The number of benzene rings is 2. The number of phenolic OH excluding ortho intramolecular Hbond substituents is 4. The predicted octanol–water partition coefficient (Wildman–Crippen LogP) is 5.97. The summed E-state index contributed by atoms with van der Waals surface area (Å²) in [4.78, 5) is 14.0. The Morgan fingerprint density at radius 2 is 1.66 bits per heavy atom. The van der Waals surface area contributed by atoms with Crippen LogP contribution in [0.2, 0.25) is 0 Å². The Morgan fingerprint density at radius 1 is 1.00 bits per heavy atom. The van der Waals surface area contributed by atoms with Gasteiger partial charge in [-0.25, -0.2) is 0 Å². The summed E-state index contributed by atoms with van der Waals surface area (Å²) in [6, 6.07) is 1.96. The molecule has 8 nitrogen and oxygen atoms in total. The van der Waals surface area contributed by atoms with Gasteiger partial charge in [0.05, 0.1) is 16.7 Å². The molecule has 1 aliphatic rings. The maximum absolute atomic E-state index is 14.0. The fraction of sp³-hybridized carbons (Fsp3) is 0.300. The van der Waals surface area contributed by atoms with E-state index in [1.54, 1.807) is 26.0 Å². The van der Waals surface area contributed by atoms with Gasteiger partial charge in [0.15, 0.2) is 11.5 Å². The minimum atomic E-state index is -1.46. The number of phenols is 4. The molecule has 4 rings (SSSR count). The number of fused-ring (bicyclic) bond motifs is 2. The summed E-state index contributed by atoms with van der Waals surface area (Å²) in [6.45, 7) is 11.0. The molecular weight excluding hydrogens is 488 g/mol. The van der Waals surface area contributed by atoms with E-state index < -0.39 is 34.4 Å². The molecule has 2 heterocycles. The van der Waals surface area contributed by atoms with Gasteiger partial charge in [0.2, 0.25) is 5.43 Å². The second kappa shape index (κ2) is 9.61. The van der Waals surface area contributed by atoms with Crippen LogP contribution >= 0.6 is 0 Å². The lowest BCUT2D eigenvalue weighted by Gasteiger charge is -2.30. The zero-order valence-corrected chi connectivity index (χ0v) is 22.2. The molecule has 1 aliphatic heterocycles. The number of aliphatic hydroxyl groups excluding tert-OH is 1. The molecule has 0 unspecified atom stereocenters. The monoisotopic (exact) mass is 520 g/mol. The number of aliphatic hydroxyl groups is 1. The van der Waals surface area contributed by atoms with E-state index >= 15 is 0 Å². The van der Waals surface area contributed by atoms with Crippen molar-refractivity contribution in [1.82, 2.24) is 0 Å². The Hall–Kier alpha value is -4.17. The van der Waals surface area contributed by atoms with E-state index in [0.717, 1.165) is 17.7 Å². The van der Waals surface area contributed by atoms with E-state index in [4.69, 9.17) is 9.15 Å². The molecule has 0 fully saturated rings. The summed E-state index contributed by atoms with van der Waals surface area (Å²) in [7, 11) is 0. The SMILES string of the molecule is CC(C)=CCc1c2c(c(O)c3c(=O)c([C@H](O)C=C(C)C)c(-c4cc(O)c(O)cc4O)oc13)C=CC(C)(C)O2. The first-order chi connectivity index (χ1) is 17.7. The van der Waals surface area contributed by atoms with E-state index in [1.807, 2.05) is 33.8 Å². The Balaban J connectivity index is 2.23. The quantitative estimate of drug-likeness (QED) is 0.157. The second-order valence-corrected chi connectivity index (χ2v) is 10.5. The van der Waals surface area contributed by atoms with Crippen molar-refractivity contribution in [2.24, 2.45) is 0 Å². The highest BCUT2D eigenvalue weighted by molar-refractivity contribution is 5.96. The molecule has 38 heavy (non-hydrogen) atoms. The van der Waals surface area contributed by atoms with Crippen molar-refractivity contribution in [2.45, 2.75) is 59.7 Å². The number of ether oxygens (including phenoxy) is 1. The van der Waals surface area contributed by atoms with Crippen molar-refractivity contribution in [1.29, 1.82) is 0 Å². The zero-order valence-electron chi connectivity index (χ0n) is 22.2. The van der Waals surface area contributed by atoms with Gasteiger partial charge in [-0.3, -0.25) is 4.79 Å². The minimum Gasteiger partial charge on any atom is -0.507 e. The van der Waals surface area contributed by atoms with Crippen LogP contribution in [0, 0.1) is 0 Å². The molecule has 3 aromatic rings. The van der Waals surface area contributed by atoms with Crippen LogP contribution < -0.4 is 10.2 Å². The Morgan fingerprint density at radius 3 is 2.29 bits per heavy atom. The van der Waals surface area contributed by atoms with Crippen LogP contribution in [0.4, 0.5) is 0 Å². The molecule has 5 N–H and O–H groups in total. The van der Waals surface area contributed by atoms with Crippen LogP contribution in [-0.2, 0) is 6.42 Å². The van der Waals surface area contributed by atoms with Gasteiger partial charge in [0.1, 0.15) is 45.7 Å². The van der Waals surface area contributed by atoms with Crippen molar-refractivity contribution >= 4 is 17.0 Å². The van der Waals surface area contributed by atoms with E-state index in [0.29, 0.717) is 28.9 Å². The van der Waals surface area contributed by atoms with Gasteiger partial charge in [0.25, 0.3) is 0 Å². The molecule has 2 aromatic carbocycles. The lowest BCUT2D eigenvalue weighted by Crippen LogP contribution is -2.28. The largest absolute Gasteiger partial charge is 0.507 e. The second-order valence-electron chi connectivity index (χ2n) is 10.5. The lowest BCUT2D eigenvalue weighted by molar-refractivity contribution is 0.157. The molecule has 1 aromatic heterocycles. The number of aromatic hydroxyl groups is 4. The maximum Gasteiger partial charge on any atom is 0.203 e. The van der Waals surface area contributed by atoms with Crippen molar-refractivity contribution in [3.63, 3.8) is 0 Å². The van der Waals surface area contributed by atoms with Gasteiger partial charge in [-0.2, -0.15) is 0 Å². The van der Waals surface area contributed by atoms with Gasteiger partial charge in [-0.05, 0) is 66.2 Å². The molecule has 0 spiro atoms. The molecule has 0 saturated heterocycles. The average molecular weight is 521 g/mol. The summed E-state index contributed by atoms with van der Waals surface area (Å²) >= 11 is 0. The first-order valence-corrected chi connectivity index (χ1v) is 12.2. The van der Waals surface area contributed by atoms with Crippen LogP contribution in [-0.4, -0.2) is 31.1 Å². The van der Waals surface area contributed by atoms with E-state index in [-0.39, 0.29) is 33.6 Å². The summed E-state index contributed by atoms with van der Waals surface area (Å²) in [5, 5.41) is 52.9. The van der Waals surface area contributed by atoms with E-state index in [2.05, 4.69) is 0 Å². The smallest absolute Gasteiger partial charge is 0.203 e. The Bertz CT molecular complexity index is 1590. The third-order valence-corrected chi connectivity index (χ3v) is 6.29. The van der Waals surface area contributed by atoms with Crippen molar-refractivity contribution in [2.75, 3.05) is 0 Å². The third-order valence-electron chi connectivity index (χ3n) is 6.29. The summed E-state index contributed by atoms with van der Waals surface area (Å²) in [5.41, 5.74) is 0.766. The first kappa shape index (κ1) is 26.9.